The highest BCUT2D eigenvalue weighted by molar-refractivity contribution is 7.12. The summed E-state index contributed by atoms with van der Waals surface area (Å²) in [5.41, 5.74) is 1.38. The van der Waals surface area contributed by atoms with Crippen LogP contribution in [0.4, 0.5) is 0 Å². The van der Waals surface area contributed by atoms with E-state index in [0.717, 1.165) is 13.1 Å². The quantitative estimate of drug-likeness (QED) is 0.931. The summed E-state index contributed by atoms with van der Waals surface area (Å²) in [6, 6.07) is 4.83. The molecule has 2 aromatic rings. The molecule has 1 fully saturated rings. The van der Waals surface area contributed by atoms with E-state index in [0.29, 0.717) is 12.0 Å². The van der Waals surface area contributed by atoms with Crippen molar-refractivity contribution in [1.29, 1.82) is 0 Å². The van der Waals surface area contributed by atoms with Crippen LogP contribution in [0, 0.1) is 6.92 Å². The molecule has 2 aromatic heterocycles. The third-order valence-corrected chi connectivity index (χ3v) is 5.17. The van der Waals surface area contributed by atoms with Crippen molar-refractivity contribution in [2.24, 2.45) is 0 Å². The first kappa shape index (κ1) is 12.9. The van der Waals surface area contributed by atoms with Gasteiger partial charge in [0.1, 0.15) is 0 Å². The molecule has 0 saturated carbocycles. The number of imidazole rings is 1. The average molecular weight is 275 g/mol. The highest BCUT2D eigenvalue weighted by Crippen LogP contribution is 2.30. The maximum atomic E-state index is 4.39. The van der Waals surface area contributed by atoms with Gasteiger partial charge in [-0.15, -0.1) is 11.3 Å². The largest absolute Gasteiger partial charge is 0.326 e. The number of aromatic nitrogens is 2. The van der Waals surface area contributed by atoms with Gasteiger partial charge in [0.25, 0.3) is 0 Å². The lowest BCUT2D eigenvalue weighted by Crippen LogP contribution is -2.29. The van der Waals surface area contributed by atoms with E-state index in [9.17, 15) is 0 Å². The fraction of sp³-hybridized carbons (Fsp3) is 0.533. The summed E-state index contributed by atoms with van der Waals surface area (Å²) < 4.78 is 2.35. The van der Waals surface area contributed by atoms with Gasteiger partial charge in [-0.25, -0.2) is 4.98 Å². The van der Waals surface area contributed by atoms with Crippen molar-refractivity contribution in [2.45, 2.75) is 38.6 Å². The Hall–Kier alpha value is -1.13. The molecule has 102 valence electrons. The summed E-state index contributed by atoms with van der Waals surface area (Å²) in [5.74, 6) is 0.611. The number of hydrogen-bond acceptors (Lipinski definition) is 3. The fourth-order valence-corrected chi connectivity index (χ4v) is 3.80. The molecule has 1 aliphatic rings. The van der Waals surface area contributed by atoms with Crippen LogP contribution in [0.3, 0.4) is 0 Å². The summed E-state index contributed by atoms with van der Waals surface area (Å²) in [6.07, 6.45) is 6.58. The first-order chi connectivity index (χ1) is 9.25. The third-order valence-electron chi connectivity index (χ3n) is 4.00. The summed E-state index contributed by atoms with van der Waals surface area (Å²) >= 11 is 1.89. The SMILES string of the molecule is Cc1ccc(C(C)n2cncc2C2CCCNC2)s1. The maximum absolute atomic E-state index is 4.39. The molecule has 0 amide bonds. The van der Waals surface area contributed by atoms with Gasteiger partial charge in [-0.05, 0) is 45.4 Å². The predicted molar refractivity (Wildman–Crippen MR) is 79.9 cm³/mol. The van der Waals surface area contributed by atoms with Crippen LogP contribution in [0.2, 0.25) is 0 Å². The minimum atomic E-state index is 0.387. The van der Waals surface area contributed by atoms with Crippen LogP contribution in [-0.2, 0) is 0 Å². The van der Waals surface area contributed by atoms with E-state index in [4.69, 9.17) is 0 Å². The highest BCUT2D eigenvalue weighted by Gasteiger charge is 2.21. The van der Waals surface area contributed by atoms with Crippen LogP contribution in [0.5, 0.6) is 0 Å². The van der Waals surface area contributed by atoms with Crippen LogP contribution >= 0.6 is 11.3 Å². The molecule has 4 heteroatoms. The van der Waals surface area contributed by atoms with Gasteiger partial charge in [0.15, 0.2) is 0 Å². The lowest BCUT2D eigenvalue weighted by Gasteiger charge is -2.25. The van der Waals surface area contributed by atoms with Gasteiger partial charge in [0, 0.05) is 34.1 Å². The van der Waals surface area contributed by atoms with E-state index < -0.39 is 0 Å². The van der Waals surface area contributed by atoms with Gasteiger partial charge in [-0.3, -0.25) is 0 Å². The molecule has 0 aromatic carbocycles. The zero-order valence-corrected chi connectivity index (χ0v) is 12.4. The summed E-state index contributed by atoms with van der Waals surface area (Å²) in [5, 5.41) is 3.49. The van der Waals surface area contributed by atoms with Gasteiger partial charge in [-0.2, -0.15) is 0 Å². The molecule has 0 aliphatic carbocycles. The predicted octanol–water partition coefficient (Wildman–Crippen LogP) is 3.33. The second-order valence-electron chi connectivity index (χ2n) is 5.39. The Kier molecular flexibility index (Phi) is 3.71. The number of rotatable bonds is 3. The standard InChI is InChI=1S/C15H21N3S/c1-11-5-6-15(19-11)12(2)18-10-17-9-14(18)13-4-3-7-16-8-13/h5-6,9-10,12-13,16H,3-4,7-8H2,1-2H3. The molecule has 2 unspecified atom stereocenters. The Balaban J connectivity index is 1.86. The lowest BCUT2D eigenvalue weighted by molar-refractivity contribution is 0.436. The molecule has 1 N–H and O–H groups in total. The van der Waals surface area contributed by atoms with Gasteiger partial charge < -0.3 is 9.88 Å². The summed E-state index contributed by atoms with van der Waals surface area (Å²) in [4.78, 5) is 7.19. The van der Waals surface area contributed by atoms with Crippen LogP contribution in [0.1, 0.15) is 47.2 Å². The second-order valence-corrected chi connectivity index (χ2v) is 6.71. The molecular formula is C15H21N3S. The molecule has 1 saturated heterocycles. The number of thiophene rings is 1. The van der Waals surface area contributed by atoms with Crippen molar-refractivity contribution in [2.75, 3.05) is 13.1 Å². The van der Waals surface area contributed by atoms with Crippen molar-refractivity contribution in [3.63, 3.8) is 0 Å². The van der Waals surface area contributed by atoms with Crippen molar-refractivity contribution < 1.29 is 0 Å². The zero-order chi connectivity index (χ0) is 13.2. The van der Waals surface area contributed by atoms with E-state index in [2.05, 4.69) is 47.0 Å². The van der Waals surface area contributed by atoms with Gasteiger partial charge in [-0.1, -0.05) is 0 Å². The minimum Gasteiger partial charge on any atom is -0.326 e. The van der Waals surface area contributed by atoms with Gasteiger partial charge in [0.05, 0.1) is 12.4 Å². The maximum Gasteiger partial charge on any atom is 0.0954 e. The average Bonchev–Trinajstić information content (AvgIpc) is 3.07. The highest BCUT2D eigenvalue weighted by atomic mass is 32.1. The lowest BCUT2D eigenvalue weighted by atomic mass is 9.96. The molecule has 1 aliphatic heterocycles. The van der Waals surface area contributed by atoms with E-state index in [-0.39, 0.29) is 0 Å². The number of hydrogen-bond donors (Lipinski definition) is 1. The van der Waals surface area contributed by atoms with Crippen LogP contribution in [0.25, 0.3) is 0 Å². The molecule has 19 heavy (non-hydrogen) atoms. The van der Waals surface area contributed by atoms with Gasteiger partial charge >= 0.3 is 0 Å². The Morgan fingerprint density at radius 3 is 3.05 bits per heavy atom. The monoisotopic (exact) mass is 275 g/mol. The van der Waals surface area contributed by atoms with Crippen molar-refractivity contribution >= 4 is 11.3 Å². The molecule has 3 rings (SSSR count). The molecule has 0 spiro atoms. The number of piperidine rings is 1. The van der Waals surface area contributed by atoms with E-state index >= 15 is 0 Å². The molecule has 3 heterocycles. The number of nitrogens with zero attached hydrogens (tertiary/aromatic N) is 2. The first-order valence-electron chi connectivity index (χ1n) is 7.04. The molecule has 0 radical (unpaired) electrons. The molecule has 2 atom stereocenters. The Labute approximate surface area is 118 Å². The van der Waals surface area contributed by atoms with Gasteiger partial charge in [0.2, 0.25) is 0 Å². The third kappa shape index (κ3) is 2.60. The molecule has 3 nitrogen and oxygen atoms in total. The van der Waals surface area contributed by atoms with E-state index in [1.165, 1.54) is 28.3 Å². The smallest absolute Gasteiger partial charge is 0.0954 e. The Morgan fingerprint density at radius 1 is 1.47 bits per heavy atom. The van der Waals surface area contributed by atoms with E-state index in [1.807, 2.05) is 17.7 Å². The Morgan fingerprint density at radius 2 is 2.37 bits per heavy atom. The fourth-order valence-electron chi connectivity index (χ4n) is 2.87. The summed E-state index contributed by atoms with van der Waals surface area (Å²) in [7, 11) is 0. The second kappa shape index (κ2) is 5.47. The Bertz CT molecular complexity index is 537. The summed E-state index contributed by atoms with van der Waals surface area (Å²) in [6.45, 7) is 6.68. The van der Waals surface area contributed by atoms with Crippen LogP contribution < -0.4 is 5.32 Å². The molecule has 0 bridgehead atoms. The number of aryl methyl sites for hydroxylation is 1. The minimum absolute atomic E-state index is 0.387. The number of nitrogens with one attached hydrogen (secondary N) is 1. The van der Waals surface area contributed by atoms with E-state index in [1.54, 1.807) is 0 Å². The molecular weight excluding hydrogens is 254 g/mol. The zero-order valence-electron chi connectivity index (χ0n) is 11.6. The van der Waals surface area contributed by atoms with Crippen LogP contribution in [-0.4, -0.2) is 22.6 Å². The van der Waals surface area contributed by atoms with Crippen molar-refractivity contribution in [3.05, 3.63) is 40.1 Å². The topological polar surface area (TPSA) is 29.9 Å². The van der Waals surface area contributed by atoms with Crippen molar-refractivity contribution in [3.8, 4) is 0 Å². The van der Waals surface area contributed by atoms with Crippen LogP contribution in [0.15, 0.2) is 24.7 Å². The normalized spacial score (nSPS) is 21.5. The first-order valence-corrected chi connectivity index (χ1v) is 7.86. The van der Waals surface area contributed by atoms with Crippen molar-refractivity contribution in [1.82, 2.24) is 14.9 Å².